The number of anilines is 1. The SMILES string of the molecule is CNc1nc(-c2cccnc2)nc2c(OC)cc(-c3ccc(F)cc3Cl)cc12. The van der Waals surface area contributed by atoms with Crippen molar-refractivity contribution in [1.29, 1.82) is 0 Å². The molecule has 0 saturated heterocycles. The quantitative estimate of drug-likeness (QED) is 0.515. The molecule has 2 heterocycles. The lowest BCUT2D eigenvalue weighted by molar-refractivity contribution is 0.419. The minimum absolute atomic E-state index is 0.320. The normalized spacial score (nSPS) is 10.9. The van der Waals surface area contributed by atoms with Gasteiger partial charge in [-0.25, -0.2) is 14.4 Å². The number of pyridine rings is 1. The first-order valence-electron chi connectivity index (χ1n) is 8.54. The largest absolute Gasteiger partial charge is 0.494 e. The Bertz CT molecular complexity index is 1170. The zero-order valence-corrected chi connectivity index (χ0v) is 16.0. The zero-order chi connectivity index (χ0) is 19.7. The van der Waals surface area contributed by atoms with Crippen LogP contribution in [0.15, 0.2) is 54.9 Å². The average molecular weight is 395 g/mol. The minimum Gasteiger partial charge on any atom is -0.494 e. The van der Waals surface area contributed by atoms with Crippen molar-refractivity contribution in [1.82, 2.24) is 15.0 Å². The third kappa shape index (κ3) is 3.23. The van der Waals surface area contributed by atoms with Crippen LogP contribution in [0.2, 0.25) is 5.02 Å². The summed E-state index contributed by atoms with van der Waals surface area (Å²) in [6, 6.07) is 11.8. The fraction of sp³-hybridized carbons (Fsp3) is 0.0952. The molecule has 7 heteroatoms. The second-order valence-electron chi connectivity index (χ2n) is 6.09. The third-order valence-corrected chi connectivity index (χ3v) is 4.70. The Morgan fingerprint density at radius 3 is 2.61 bits per heavy atom. The minimum atomic E-state index is -0.387. The molecule has 0 spiro atoms. The monoisotopic (exact) mass is 394 g/mol. The summed E-state index contributed by atoms with van der Waals surface area (Å²) >= 11 is 6.26. The van der Waals surface area contributed by atoms with Gasteiger partial charge in [0.2, 0.25) is 0 Å². The Morgan fingerprint density at radius 1 is 1.07 bits per heavy atom. The average Bonchev–Trinajstić information content (AvgIpc) is 2.72. The summed E-state index contributed by atoms with van der Waals surface area (Å²) in [6.45, 7) is 0. The lowest BCUT2D eigenvalue weighted by Crippen LogP contribution is -2.01. The second kappa shape index (κ2) is 7.40. The van der Waals surface area contributed by atoms with E-state index in [9.17, 15) is 4.39 Å². The van der Waals surface area contributed by atoms with Crippen LogP contribution in [0.25, 0.3) is 33.4 Å². The predicted molar refractivity (Wildman–Crippen MR) is 109 cm³/mol. The number of halogens is 2. The third-order valence-electron chi connectivity index (χ3n) is 4.38. The molecule has 0 radical (unpaired) electrons. The first-order chi connectivity index (χ1) is 13.6. The van der Waals surface area contributed by atoms with Crippen molar-refractivity contribution in [2.24, 2.45) is 0 Å². The maximum Gasteiger partial charge on any atom is 0.163 e. The maximum atomic E-state index is 13.4. The first kappa shape index (κ1) is 18.1. The van der Waals surface area contributed by atoms with Crippen molar-refractivity contribution in [2.45, 2.75) is 0 Å². The Labute approximate surface area is 166 Å². The molecule has 2 aromatic carbocycles. The van der Waals surface area contributed by atoms with Crippen molar-refractivity contribution >= 4 is 28.3 Å². The van der Waals surface area contributed by atoms with Crippen LogP contribution in [-0.2, 0) is 0 Å². The molecule has 0 aliphatic carbocycles. The molecule has 0 unspecified atom stereocenters. The number of fused-ring (bicyclic) bond motifs is 1. The molecular weight excluding hydrogens is 379 g/mol. The number of nitrogens with zero attached hydrogens (tertiary/aromatic N) is 3. The molecular formula is C21H16ClFN4O. The van der Waals surface area contributed by atoms with Crippen molar-refractivity contribution in [3.05, 3.63) is 65.7 Å². The van der Waals surface area contributed by atoms with Gasteiger partial charge < -0.3 is 10.1 Å². The number of rotatable bonds is 4. The summed E-state index contributed by atoms with van der Waals surface area (Å²) in [6.07, 6.45) is 3.41. The summed E-state index contributed by atoms with van der Waals surface area (Å²) in [5.41, 5.74) is 2.93. The van der Waals surface area contributed by atoms with Gasteiger partial charge in [0.05, 0.1) is 12.1 Å². The van der Waals surface area contributed by atoms with E-state index in [1.165, 1.54) is 12.1 Å². The van der Waals surface area contributed by atoms with E-state index in [0.29, 0.717) is 33.5 Å². The molecule has 0 amide bonds. The van der Waals surface area contributed by atoms with E-state index in [-0.39, 0.29) is 5.82 Å². The Morgan fingerprint density at radius 2 is 1.93 bits per heavy atom. The molecule has 5 nitrogen and oxygen atoms in total. The lowest BCUT2D eigenvalue weighted by atomic mass is 10.0. The molecule has 2 aromatic heterocycles. The van der Waals surface area contributed by atoms with E-state index in [1.807, 2.05) is 24.3 Å². The van der Waals surface area contributed by atoms with Gasteiger partial charge in [0.25, 0.3) is 0 Å². The molecule has 0 aliphatic heterocycles. The number of nitrogens with one attached hydrogen (secondary N) is 1. The first-order valence-corrected chi connectivity index (χ1v) is 8.92. The van der Waals surface area contributed by atoms with E-state index < -0.39 is 0 Å². The highest BCUT2D eigenvalue weighted by atomic mass is 35.5. The molecule has 0 aliphatic rings. The van der Waals surface area contributed by atoms with Crippen molar-refractivity contribution in [2.75, 3.05) is 19.5 Å². The summed E-state index contributed by atoms with van der Waals surface area (Å²) < 4.78 is 19.0. The van der Waals surface area contributed by atoms with Gasteiger partial charge in [-0.1, -0.05) is 11.6 Å². The van der Waals surface area contributed by atoms with Crippen molar-refractivity contribution in [3.8, 4) is 28.3 Å². The van der Waals surface area contributed by atoms with Crippen molar-refractivity contribution in [3.63, 3.8) is 0 Å². The van der Waals surface area contributed by atoms with E-state index in [1.54, 1.807) is 32.6 Å². The molecule has 4 aromatic rings. The van der Waals surface area contributed by atoms with Crippen LogP contribution < -0.4 is 10.1 Å². The van der Waals surface area contributed by atoms with Gasteiger partial charge in [-0.2, -0.15) is 0 Å². The van der Waals surface area contributed by atoms with Crippen LogP contribution in [0.3, 0.4) is 0 Å². The highest BCUT2D eigenvalue weighted by Crippen LogP contribution is 2.37. The van der Waals surface area contributed by atoms with Gasteiger partial charge in [0.15, 0.2) is 5.82 Å². The van der Waals surface area contributed by atoms with E-state index >= 15 is 0 Å². The number of hydrogen-bond acceptors (Lipinski definition) is 5. The van der Waals surface area contributed by atoms with Crippen LogP contribution in [0.4, 0.5) is 10.2 Å². The Balaban J connectivity index is 1.98. The molecule has 28 heavy (non-hydrogen) atoms. The fourth-order valence-electron chi connectivity index (χ4n) is 3.05. The number of methoxy groups -OCH3 is 1. The smallest absolute Gasteiger partial charge is 0.163 e. The van der Waals surface area contributed by atoms with Gasteiger partial charge in [-0.05, 0) is 48.0 Å². The van der Waals surface area contributed by atoms with Crippen LogP contribution in [0.1, 0.15) is 0 Å². The van der Waals surface area contributed by atoms with Gasteiger partial charge >= 0.3 is 0 Å². The number of aromatic nitrogens is 3. The molecule has 0 atom stereocenters. The highest BCUT2D eigenvalue weighted by molar-refractivity contribution is 6.33. The van der Waals surface area contributed by atoms with Gasteiger partial charge in [-0.15, -0.1) is 0 Å². The summed E-state index contributed by atoms with van der Waals surface area (Å²) in [5.74, 6) is 1.36. The van der Waals surface area contributed by atoms with Crippen LogP contribution >= 0.6 is 11.6 Å². The molecule has 0 bridgehead atoms. The topological polar surface area (TPSA) is 59.9 Å². The van der Waals surface area contributed by atoms with Crippen molar-refractivity contribution < 1.29 is 9.13 Å². The molecule has 1 N–H and O–H groups in total. The molecule has 140 valence electrons. The molecule has 4 rings (SSSR count). The Kier molecular flexibility index (Phi) is 4.79. The van der Waals surface area contributed by atoms with Crippen LogP contribution in [-0.4, -0.2) is 29.1 Å². The van der Waals surface area contributed by atoms with E-state index in [2.05, 4.69) is 20.3 Å². The van der Waals surface area contributed by atoms with Gasteiger partial charge in [-0.3, -0.25) is 4.98 Å². The summed E-state index contributed by atoms with van der Waals surface area (Å²) in [5, 5.41) is 4.20. The fourth-order valence-corrected chi connectivity index (χ4v) is 3.33. The highest BCUT2D eigenvalue weighted by Gasteiger charge is 2.16. The number of hydrogen-bond donors (Lipinski definition) is 1. The molecule has 0 fully saturated rings. The number of benzene rings is 2. The number of ether oxygens (including phenoxy) is 1. The van der Waals surface area contributed by atoms with Gasteiger partial charge in [0, 0.05) is 36.0 Å². The lowest BCUT2D eigenvalue weighted by Gasteiger charge is -2.14. The summed E-state index contributed by atoms with van der Waals surface area (Å²) in [7, 11) is 3.37. The van der Waals surface area contributed by atoms with Crippen LogP contribution in [0.5, 0.6) is 5.75 Å². The maximum absolute atomic E-state index is 13.4. The standard InChI is InChI=1S/C21H16ClFN4O/c1-24-21-16-8-13(15-6-5-14(23)10-17(15)22)9-18(28-2)19(16)26-20(27-21)12-4-3-7-25-11-12/h3-11H,1-2H3,(H,24,26,27). The predicted octanol–water partition coefficient (Wildman–Crippen LogP) is 5.20. The summed E-state index contributed by atoms with van der Waals surface area (Å²) in [4.78, 5) is 13.4. The van der Waals surface area contributed by atoms with E-state index in [0.717, 1.165) is 16.5 Å². The zero-order valence-electron chi connectivity index (χ0n) is 15.2. The van der Waals surface area contributed by atoms with E-state index in [4.69, 9.17) is 16.3 Å². The van der Waals surface area contributed by atoms with Gasteiger partial charge in [0.1, 0.15) is 22.9 Å². The second-order valence-corrected chi connectivity index (χ2v) is 6.49. The Hall–Kier alpha value is -3.25. The molecule has 0 saturated carbocycles. The van der Waals surface area contributed by atoms with Crippen LogP contribution in [0, 0.1) is 5.82 Å².